The number of sulfonamides is 1. The van der Waals surface area contributed by atoms with Crippen LogP contribution in [-0.2, 0) is 16.4 Å². The van der Waals surface area contributed by atoms with Gasteiger partial charge in [-0.15, -0.1) is 0 Å². The van der Waals surface area contributed by atoms with Crippen LogP contribution in [0.5, 0.6) is 0 Å². The highest BCUT2D eigenvalue weighted by molar-refractivity contribution is 7.89. The Hall–Kier alpha value is -3.08. The molecule has 1 atom stereocenters. The molecule has 0 saturated carbocycles. The van der Waals surface area contributed by atoms with Crippen LogP contribution < -0.4 is 16.0 Å². The zero-order valence-electron chi connectivity index (χ0n) is 15.9. The van der Waals surface area contributed by atoms with E-state index in [4.69, 9.17) is 0 Å². The molecule has 3 N–H and O–H groups in total. The quantitative estimate of drug-likeness (QED) is 0.422. The second kappa shape index (κ2) is 7.98. The van der Waals surface area contributed by atoms with Crippen molar-refractivity contribution >= 4 is 32.3 Å². The summed E-state index contributed by atoms with van der Waals surface area (Å²) in [6.45, 7) is 1.91. The predicted molar refractivity (Wildman–Crippen MR) is 115 cm³/mol. The lowest BCUT2D eigenvalue weighted by molar-refractivity contribution is 0.550. The first kappa shape index (κ1) is 20.2. The molecule has 0 saturated heterocycles. The number of nitrogens with one attached hydrogen (secondary N) is 3. The Balaban J connectivity index is 1.72. The minimum atomic E-state index is -3.97. The van der Waals surface area contributed by atoms with Crippen molar-refractivity contribution in [2.75, 3.05) is 0 Å². The summed E-state index contributed by atoms with van der Waals surface area (Å²) in [4.78, 5) is 32.4. The monoisotopic (exact) mass is 442 g/mol. The molecule has 0 bridgehead atoms. The molecule has 10 heteroatoms. The highest BCUT2D eigenvalue weighted by Gasteiger charge is 2.23. The first-order chi connectivity index (χ1) is 14.3. The summed E-state index contributed by atoms with van der Waals surface area (Å²) in [6.07, 6.45) is 2.12. The molecule has 4 aromatic rings. The van der Waals surface area contributed by atoms with Crippen molar-refractivity contribution in [2.24, 2.45) is 0 Å². The fraction of sp³-hybridized carbons (Fsp3) is 0.150. The lowest BCUT2D eigenvalue weighted by Gasteiger charge is -2.18. The molecular weight excluding hydrogens is 424 g/mol. The van der Waals surface area contributed by atoms with Gasteiger partial charge in [-0.2, -0.15) is 11.3 Å². The summed E-state index contributed by atoms with van der Waals surface area (Å²) in [5, 5.41) is 3.97. The van der Waals surface area contributed by atoms with E-state index in [0.717, 1.165) is 11.1 Å². The highest BCUT2D eigenvalue weighted by atomic mass is 32.2. The van der Waals surface area contributed by atoms with Crippen LogP contribution in [0.25, 0.3) is 10.9 Å². The Labute approximate surface area is 175 Å². The van der Waals surface area contributed by atoms with E-state index >= 15 is 0 Å². The summed E-state index contributed by atoms with van der Waals surface area (Å²) in [5.41, 5.74) is 1.51. The third-order valence-electron chi connectivity index (χ3n) is 4.63. The van der Waals surface area contributed by atoms with Gasteiger partial charge >= 0.3 is 5.69 Å². The van der Waals surface area contributed by atoms with Crippen LogP contribution in [0.15, 0.2) is 67.8 Å². The molecule has 0 radical (unpaired) electrons. The van der Waals surface area contributed by atoms with Gasteiger partial charge in [0, 0.05) is 6.20 Å². The summed E-state index contributed by atoms with van der Waals surface area (Å²) in [5.74, 6) is 0. The maximum atomic E-state index is 13.1. The van der Waals surface area contributed by atoms with Crippen LogP contribution >= 0.6 is 11.3 Å². The molecule has 0 aliphatic carbocycles. The number of aromatic amines is 2. The topological polar surface area (TPSA) is 125 Å². The van der Waals surface area contributed by atoms with Crippen molar-refractivity contribution in [1.29, 1.82) is 0 Å². The number of benzene rings is 1. The predicted octanol–water partition coefficient (Wildman–Crippen LogP) is 2.24. The van der Waals surface area contributed by atoms with Gasteiger partial charge in [-0.3, -0.25) is 14.8 Å². The van der Waals surface area contributed by atoms with Crippen molar-refractivity contribution < 1.29 is 8.42 Å². The summed E-state index contributed by atoms with van der Waals surface area (Å²) in [6, 6.07) is 9.02. The van der Waals surface area contributed by atoms with E-state index in [1.807, 2.05) is 29.8 Å². The number of aromatic nitrogens is 3. The number of rotatable bonds is 6. The fourth-order valence-electron chi connectivity index (χ4n) is 3.10. The van der Waals surface area contributed by atoms with Crippen LogP contribution in [0.2, 0.25) is 0 Å². The molecule has 0 fully saturated rings. The zero-order chi connectivity index (χ0) is 21.3. The van der Waals surface area contributed by atoms with E-state index in [2.05, 4.69) is 19.7 Å². The Bertz CT molecular complexity index is 1410. The van der Waals surface area contributed by atoms with Gasteiger partial charge < -0.3 is 4.98 Å². The molecule has 0 unspecified atom stereocenters. The highest BCUT2D eigenvalue weighted by Crippen LogP contribution is 2.22. The Morgan fingerprint density at radius 2 is 1.97 bits per heavy atom. The maximum Gasteiger partial charge on any atom is 0.326 e. The van der Waals surface area contributed by atoms with Crippen LogP contribution in [0.1, 0.15) is 22.9 Å². The van der Waals surface area contributed by atoms with Crippen LogP contribution in [0.4, 0.5) is 0 Å². The molecule has 3 aromatic heterocycles. The van der Waals surface area contributed by atoms with Crippen LogP contribution in [0.3, 0.4) is 0 Å². The molecule has 154 valence electrons. The van der Waals surface area contributed by atoms with Crippen molar-refractivity contribution in [3.63, 3.8) is 0 Å². The maximum absolute atomic E-state index is 13.1. The van der Waals surface area contributed by atoms with Crippen LogP contribution in [0, 0.1) is 6.92 Å². The van der Waals surface area contributed by atoms with E-state index in [1.54, 1.807) is 12.3 Å². The number of nitrogens with zero attached hydrogens (tertiary/aromatic N) is 1. The van der Waals surface area contributed by atoms with Gasteiger partial charge in [0.15, 0.2) is 0 Å². The van der Waals surface area contributed by atoms with E-state index in [-0.39, 0.29) is 15.8 Å². The SMILES string of the molecule is Cc1ccc([C@@H](Cc2ccsc2)NS(=O)(=O)c2ccc3[nH]c(=O)[nH]c(=O)c3c2)nc1. The Kier molecular flexibility index (Phi) is 5.37. The van der Waals surface area contributed by atoms with Gasteiger partial charge in [-0.05, 0) is 65.6 Å². The van der Waals surface area contributed by atoms with Crippen molar-refractivity contribution in [2.45, 2.75) is 24.3 Å². The summed E-state index contributed by atoms with van der Waals surface area (Å²) >= 11 is 1.53. The van der Waals surface area contributed by atoms with E-state index < -0.39 is 27.3 Å². The Morgan fingerprint density at radius 3 is 2.67 bits per heavy atom. The summed E-state index contributed by atoms with van der Waals surface area (Å²) in [7, 11) is -3.97. The number of fused-ring (bicyclic) bond motifs is 1. The molecule has 0 amide bonds. The lowest BCUT2D eigenvalue weighted by Crippen LogP contribution is -2.31. The molecule has 0 aliphatic rings. The average Bonchev–Trinajstić information content (AvgIpc) is 3.20. The number of thiophene rings is 1. The molecule has 0 spiro atoms. The van der Waals surface area contributed by atoms with Crippen LogP contribution in [-0.4, -0.2) is 23.4 Å². The standard InChI is InChI=1S/C20H18N4O4S2/c1-12-2-4-17(21-10-12)18(8-13-6-7-29-11-13)24-30(27,28)14-3-5-16-15(9-14)19(25)23-20(26)22-16/h2-7,9-11,18,24H,8H2,1H3,(H2,22,23,25,26)/t18-/m1/s1. The molecule has 30 heavy (non-hydrogen) atoms. The normalized spacial score (nSPS) is 12.8. The number of hydrogen-bond acceptors (Lipinski definition) is 6. The van der Waals surface area contributed by atoms with Crippen molar-refractivity contribution in [3.8, 4) is 0 Å². The van der Waals surface area contributed by atoms with Gasteiger partial charge in [-0.1, -0.05) is 6.07 Å². The van der Waals surface area contributed by atoms with Crippen molar-refractivity contribution in [1.82, 2.24) is 19.7 Å². The number of H-pyrrole nitrogens is 2. The number of pyridine rings is 1. The van der Waals surface area contributed by atoms with Gasteiger partial charge in [0.1, 0.15) is 0 Å². The van der Waals surface area contributed by atoms with Gasteiger partial charge in [0.2, 0.25) is 10.0 Å². The minimum Gasteiger partial charge on any atom is -0.307 e. The third kappa shape index (κ3) is 4.25. The number of hydrogen-bond donors (Lipinski definition) is 3. The zero-order valence-corrected chi connectivity index (χ0v) is 17.5. The molecule has 8 nitrogen and oxygen atoms in total. The fourth-order valence-corrected chi connectivity index (χ4v) is 5.02. The van der Waals surface area contributed by atoms with Gasteiger partial charge in [0.05, 0.1) is 27.5 Å². The molecule has 1 aromatic carbocycles. The minimum absolute atomic E-state index is 0.0741. The third-order valence-corrected chi connectivity index (χ3v) is 6.83. The molecule has 4 rings (SSSR count). The van der Waals surface area contributed by atoms with Gasteiger partial charge in [-0.25, -0.2) is 17.9 Å². The first-order valence-electron chi connectivity index (χ1n) is 9.04. The number of aryl methyl sites for hydroxylation is 1. The molecule has 3 heterocycles. The smallest absolute Gasteiger partial charge is 0.307 e. The van der Waals surface area contributed by atoms with Crippen molar-refractivity contribution in [3.05, 3.63) is 91.0 Å². The average molecular weight is 443 g/mol. The van der Waals surface area contributed by atoms with E-state index in [1.165, 1.54) is 29.5 Å². The second-order valence-electron chi connectivity index (χ2n) is 6.89. The van der Waals surface area contributed by atoms with Gasteiger partial charge in [0.25, 0.3) is 5.56 Å². The molecule has 0 aliphatic heterocycles. The molecular formula is C20H18N4O4S2. The lowest BCUT2D eigenvalue weighted by atomic mass is 10.1. The largest absolute Gasteiger partial charge is 0.326 e. The second-order valence-corrected chi connectivity index (χ2v) is 9.38. The van der Waals surface area contributed by atoms with E-state index in [0.29, 0.717) is 12.1 Å². The first-order valence-corrected chi connectivity index (χ1v) is 11.5. The summed E-state index contributed by atoms with van der Waals surface area (Å²) < 4.78 is 28.9. The van der Waals surface area contributed by atoms with E-state index in [9.17, 15) is 18.0 Å². The Morgan fingerprint density at radius 1 is 1.13 bits per heavy atom.